The molecule has 0 radical (unpaired) electrons. The Morgan fingerprint density at radius 2 is 1.28 bits per heavy atom. The Hall–Kier alpha value is -4.19. The first-order chi connectivity index (χ1) is 19.0. The molecule has 4 aromatic carbocycles. The fraction of sp³-hybridized carbons (Fsp3) is 0.212. The minimum absolute atomic E-state index is 0.0967. The summed E-state index contributed by atoms with van der Waals surface area (Å²) in [7, 11) is 0. The Bertz CT molecular complexity index is 1380. The van der Waals surface area contributed by atoms with Gasteiger partial charge in [-0.1, -0.05) is 68.0 Å². The molecular formula is C33H31F3O3. The van der Waals surface area contributed by atoms with Crippen LogP contribution in [0.15, 0.2) is 91.5 Å². The lowest BCUT2D eigenvalue weighted by Gasteiger charge is -2.12. The summed E-state index contributed by atoms with van der Waals surface area (Å²) >= 11 is 0. The molecule has 0 N–H and O–H groups in total. The number of hydrogen-bond acceptors (Lipinski definition) is 3. The Morgan fingerprint density at radius 1 is 0.692 bits per heavy atom. The average molecular weight is 533 g/mol. The molecule has 6 heteroatoms. The van der Waals surface area contributed by atoms with Gasteiger partial charge in [0.2, 0.25) is 0 Å². The molecule has 39 heavy (non-hydrogen) atoms. The second-order valence-electron chi connectivity index (χ2n) is 9.02. The Kier molecular flexibility index (Phi) is 9.68. The van der Waals surface area contributed by atoms with Crippen molar-refractivity contribution < 1.29 is 27.4 Å². The summed E-state index contributed by atoms with van der Waals surface area (Å²) in [5, 5.41) is 0. The number of halogens is 3. The largest absolute Gasteiger partial charge is 0.494 e. The van der Waals surface area contributed by atoms with E-state index in [1.807, 2.05) is 0 Å². The van der Waals surface area contributed by atoms with Crippen LogP contribution in [-0.2, 0) is 6.61 Å². The van der Waals surface area contributed by atoms with Crippen LogP contribution in [-0.4, -0.2) is 13.2 Å². The standard InChI is InChI=1S/C33H31F3O3/c1-3-5-19-37-26-13-11-25(12-14-26)29-17-16-28(32(35)33(29)36)24-9-7-23(8-10-24)22-39-31-18-15-27(21-30(31)34)38-20-6-4-2/h4,7-18,21H,2-3,5-6,19-20,22H2,1H3. The van der Waals surface area contributed by atoms with Crippen molar-refractivity contribution in [2.75, 3.05) is 13.2 Å². The molecule has 0 aliphatic heterocycles. The maximum absolute atomic E-state index is 15.1. The highest BCUT2D eigenvalue weighted by atomic mass is 19.2. The van der Waals surface area contributed by atoms with Crippen LogP contribution in [0.2, 0.25) is 0 Å². The third-order valence-electron chi connectivity index (χ3n) is 6.17. The summed E-state index contributed by atoms with van der Waals surface area (Å²) in [6, 6.07) is 21.4. The molecule has 4 aromatic rings. The molecule has 0 saturated heterocycles. The molecule has 0 fully saturated rings. The lowest BCUT2D eigenvalue weighted by Crippen LogP contribution is -2.00. The molecule has 0 aliphatic carbocycles. The van der Waals surface area contributed by atoms with E-state index in [-0.39, 0.29) is 23.5 Å². The van der Waals surface area contributed by atoms with E-state index in [2.05, 4.69) is 13.5 Å². The van der Waals surface area contributed by atoms with Crippen LogP contribution < -0.4 is 14.2 Å². The van der Waals surface area contributed by atoms with Crippen molar-refractivity contribution in [1.82, 2.24) is 0 Å². The van der Waals surface area contributed by atoms with Crippen LogP contribution in [0.1, 0.15) is 31.7 Å². The lowest BCUT2D eigenvalue weighted by atomic mass is 9.98. The summed E-state index contributed by atoms with van der Waals surface area (Å²) in [4.78, 5) is 0. The van der Waals surface area contributed by atoms with Gasteiger partial charge < -0.3 is 14.2 Å². The van der Waals surface area contributed by atoms with Crippen LogP contribution in [0.5, 0.6) is 17.2 Å². The van der Waals surface area contributed by atoms with Gasteiger partial charge in [0.1, 0.15) is 18.1 Å². The monoisotopic (exact) mass is 532 g/mol. The first-order valence-corrected chi connectivity index (χ1v) is 13.0. The molecule has 0 saturated carbocycles. The van der Waals surface area contributed by atoms with Crippen LogP contribution >= 0.6 is 0 Å². The average Bonchev–Trinajstić information content (AvgIpc) is 2.95. The zero-order valence-corrected chi connectivity index (χ0v) is 21.9. The molecule has 4 rings (SSSR count). The first kappa shape index (κ1) is 27.8. The van der Waals surface area contributed by atoms with Gasteiger partial charge in [-0.15, -0.1) is 6.58 Å². The Morgan fingerprint density at radius 3 is 1.87 bits per heavy atom. The van der Waals surface area contributed by atoms with Crippen LogP contribution in [0.4, 0.5) is 13.2 Å². The van der Waals surface area contributed by atoms with Crippen LogP contribution in [0.3, 0.4) is 0 Å². The van der Waals surface area contributed by atoms with Crippen LogP contribution in [0, 0.1) is 17.5 Å². The van der Waals surface area contributed by atoms with E-state index < -0.39 is 17.5 Å². The van der Waals surface area contributed by atoms with Crippen LogP contribution in [0.25, 0.3) is 22.3 Å². The summed E-state index contributed by atoms with van der Waals surface area (Å²) < 4.78 is 61.2. The summed E-state index contributed by atoms with van der Waals surface area (Å²) in [6.45, 7) is 6.86. The van der Waals surface area contributed by atoms with Crippen molar-refractivity contribution in [1.29, 1.82) is 0 Å². The minimum Gasteiger partial charge on any atom is -0.494 e. The number of rotatable bonds is 13. The number of unbranched alkanes of at least 4 members (excludes halogenated alkanes) is 1. The second-order valence-corrected chi connectivity index (χ2v) is 9.02. The second kappa shape index (κ2) is 13.6. The van der Waals surface area contributed by atoms with E-state index in [0.717, 1.165) is 18.4 Å². The first-order valence-electron chi connectivity index (χ1n) is 13.0. The predicted octanol–water partition coefficient (Wildman–Crippen LogP) is 9.15. The van der Waals surface area contributed by atoms with E-state index in [1.54, 1.807) is 72.8 Å². The highest BCUT2D eigenvalue weighted by Crippen LogP contribution is 2.32. The molecule has 202 valence electrons. The quantitative estimate of drug-likeness (QED) is 0.127. The molecular weight excluding hydrogens is 501 g/mol. The molecule has 0 unspecified atom stereocenters. The van der Waals surface area contributed by atoms with E-state index in [4.69, 9.17) is 14.2 Å². The van der Waals surface area contributed by atoms with Gasteiger partial charge >= 0.3 is 0 Å². The number of ether oxygens (including phenoxy) is 3. The fourth-order valence-corrected chi connectivity index (χ4v) is 3.95. The predicted molar refractivity (Wildman–Crippen MR) is 149 cm³/mol. The van der Waals surface area contributed by atoms with Gasteiger partial charge in [0.15, 0.2) is 23.2 Å². The smallest absolute Gasteiger partial charge is 0.168 e. The van der Waals surface area contributed by atoms with Crippen molar-refractivity contribution in [3.05, 3.63) is 115 Å². The Labute approximate surface area is 227 Å². The van der Waals surface area contributed by atoms with Gasteiger partial charge in [-0.3, -0.25) is 0 Å². The van der Waals surface area contributed by atoms with Gasteiger partial charge in [0.05, 0.1) is 13.2 Å². The molecule has 0 aliphatic rings. The number of benzene rings is 4. The van der Waals surface area contributed by atoms with Gasteiger partial charge in [-0.25, -0.2) is 13.2 Å². The van der Waals surface area contributed by atoms with Gasteiger partial charge in [0.25, 0.3) is 0 Å². The topological polar surface area (TPSA) is 27.7 Å². The number of hydrogen-bond donors (Lipinski definition) is 0. The lowest BCUT2D eigenvalue weighted by molar-refractivity contribution is 0.286. The third-order valence-corrected chi connectivity index (χ3v) is 6.17. The molecule has 0 aromatic heterocycles. The normalized spacial score (nSPS) is 10.8. The summed E-state index contributed by atoms with van der Waals surface area (Å²) in [6.07, 6.45) is 4.38. The third kappa shape index (κ3) is 7.23. The van der Waals surface area contributed by atoms with E-state index >= 15 is 8.78 Å². The molecule has 3 nitrogen and oxygen atoms in total. The van der Waals surface area contributed by atoms with Gasteiger partial charge in [-0.2, -0.15) is 0 Å². The highest BCUT2D eigenvalue weighted by Gasteiger charge is 2.16. The molecule has 0 spiro atoms. The SMILES string of the molecule is C=CCCOc1ccc(OCc2ccc(-c3ccc(-c4ccc(OCCCC)cc4)c(F)c3F)cc2)c(F)c1. The molecule has 0 heterocycles. The van der Waals surface area contributed by atoms with Crippen molar-refractivity contribution in [2.24, 2.45) is 0 Å². The zero-order valence-electron chi connectivity index (χ0n) is 21.9. The summed E-state index contributed by atoms with van der Waals surface area (Å²) in [5.41, 5.74) is 2.18. The van der Waals surface area contributed by atoms with E-state index in [0.29, 0.717) is 42.3 Å². The van der Waals surface area contributed by atoms with Crippen molar-refractivity contribution in [3.8, 4) is 39.5 Å². The van der Waals surface area contributed by atoms with Crippen molar-refractivity contribution in [2.45, 2.75) is 32.8 Å². The fourth-order valence-electron chi connectivity index (χ4n) is 3.95. The molecule has 0 atom stereocenters. The van der Waals surface area contributed by atoms with Gasteiger partial charge in [0, 0.05) is 17.2 Å². The van der Waals surface area contributed by atoms with E-state index in [1.165, 1.54) is 12.1 Å². The Balaban J connectivity index is 1.41. The maximum Gasteiger partial charge on any atom is 0.168 e. The molecule has 0 amide bonds. The maximum atomic E-state index is 15.1. The minimum atomic E-state index is -0.919. The van der Waals surface area contributed by atoms with E-state index in [9.17, 15) is 4.39 Å². The van der Waals surface area contributed by atoms with Gasteiger partial charge in [-0.05, 0) is 53.8 Å². The van der Waals surface area contributed by atoms with Crippen molar-refractivity contribution in [3.63, 3.8) is 0 Å². The zero-order chi connectivity index (χ0) is 27.6. The summed E-state index contributed by atoms with van der Waals surface area (Å²) in [5.74, 6) is -1.15. The highest BCUT2D eigenvalue weighted by molar-refractivity contribution is 5.72. The molecule has 0 bridgehead atoms. The van der Waals surface area contributed by atoms with Crippen molar-refractivity contribution >= 4 is 0 Å².